The number of aromatic nitrogens is 1. The maximum atomic E-state index is 10.1. The number of allylic oxidation sites excluding steroid dienone is 1. The Morgan fingerprint density at radius 1 is 1.07 bits per heavy atom. The van der Waals surface area contributed by atoms with E-state index >= 15 is 0 Å². The first-order valence-corrected chi connectivity index (χ1v) is 10.2. The third-order valence-corrected chi connectivity index (χ3v) is 6.17. The fourth-order valence-electron chi connectivity index (χ4n) is 4.29. The molecule has 0 spiro atoms. The lowest BCUT2D eigenvalue weighted by Crippen LogP contribution is -2.38. The van der Waals surface area contributed by atoms with Gasteiger partial charge in [0, 0.05) is 40.7 Å². The third-order valence-electron chi connectivity index (χ3n) is 5.55. The molecule has 5 heteroatoms. The first-order chi connectivity index (χ1) is 14.3. The highest BCUT2D eigenvalue weighted by Crippen LogP contribution is 2.51. The predicted molar refractivity (Wildman–Crippen MR) is 122 cm³/mol. The Morgan fingerprint density at radius 2 is 1.90 bits per heavy atom. The quantitative estimate of drug-likeness (QED) is 0.460. The number of nitrogens with zero attached hydrogens (tertiary/aromatic N) is 2. The molecule has 0 radical (unpaired) electrons. The summed E-state index contributed by atoms with van der Waals surface area (Å²) in [7, 11) is 0. The number of phenols is 1. The first kappa shape index (κ1) is 18.8. The van der Waals surface area contributed by atoms with E-state index < -0.39 is 0 Å². The highest BCUT2D eigenvalue weighted by molar-refractivity contribution is 6.28. The molecule has 30 heavy (non-hydrogen) atoms. The molecule has 3 heterocycles. The molecule has 0 bridgehead atoms. The lowest BCUT2D eigenvalue weighted by molar-refractivity contribution is 0.471. The fourth-order valence-corrected chi connectivity index (χ4v) is 4.48. The Kier molecular flexibility index (Phi) is 4.16. The second kappa shape index (κ2) is 6.64. The van der Waals surface area contributed by atoms with Gasteiger partial charge in [0.05, 0.1) is 16.9 Å². The van der Waals surface area contributed by atoms with Gasteiger partial charge >= 0.3 is 0 Å². The number of anilines is 1. The molecule has 2 aliphatic heterocycles. The van der Waals surface area contributed by atoms with Crippen LogP contribution in [0.15, 0.2) is 60.8 Å². The standard InChI is InChI=1S/C25H21ClN2O2/c1-15-14-25(2,3)28(26)20-9-8-18-19-13-17(29)7-10-21(19)30-22(24(18)23(15)20)12-16-6-4-5-11-27-16/h4-14,29H,1-3H3. The van der Waals surface area contributed by atoms with Crippen LogP contribution in [-0.2, 0) is 0 Å². The molecule has 0 saturated carbocycles. The molecule has 0 atom stereocenters. The van der Waals surface area contributed by atoms with Crippen molar-refractivity contribution in [3.8, 4) is 22.6 Å². The number of rotatable bonds is 1. The van der Waals surface area contributed by atoms with Crippen LogP contribution in [0.5, 0.6) is 11.5 Å². The van der Waals surface area contributed by atoms with Gasteiger partial charge in [-0.2, -0.15) is 0 Å². The van der Waals surface area contributed by atoms with E-state index in [-0.39, 0.29) is 11.3 Å². The van der Waals surface area contributed by atoms with E-state index in [0.717, 1.165) is 39.2 Å². The molecule has 0 amide bonds. The van der Waals surface area contributed by atoms with E-state index in [1.807, 2.05) is 36.4 Å². The molecule has 0 fully saturated rings. The molecule has 0 saturated heterocycles. The number of phenolic OH excluding ortho intramolecular Hbond substituents is 1. The predicted octanol–water partition coefficient (Wildman–Crippen LogP) is 6.50. The maximum absolute atomic E-state index is 10.1. The van der Waals surface area contributed by atoms with E-state index in [2.05, 4.69) is 31.8 Å². The average molecular weight is 417 g/mol. The highest BCUT2D eigenvalue weighted by Gasteiger charge is 2.35. The number of ether oxygens (including phenoxy) is 1. The Balaban J connectivity index is 1.83. The zero-order valence-corrected chi connectivity index (χ0v) is 17.7. The molecule has 3 aromatic rings. The number of hydrogen-bond donors (Lipinski definition) is 1. The summed E-state index contributed by atoms with van der Waals surface area (Å²) < 4.78 is 8.11. The van der Waals surface area contributed by atoms with Crippen LogP contribution >= 0.6 is 11.8 Å². The number of fused-ring (bicyclic) bond motifs is 5. The summed E-state index contributed by atoms with van der Waals surface area (Å²) in [6, 6.07) is 15.0. The van der Waals surface area contributed by atoms with Crippen molar-refractivity contribution in [2.75, 3.05) is 4.42 Å². The van der Waals surface area contributed by atoms with Crippen LogP contribution in [0, 0.1) is 0 Å². The minimum Gasteiger partial charge on any atom is -0.508 e. The zero-order chi connectivity index (χ0) is 21.0. The summed E-state index contributed by atoms with van der Waals surface area (Å²) in [4.78, 5) is 4.44. The van der Waals surface area contributed by atoms with E-state index in [1.54, 1.807) is 28.8 Å². The van der Waals surface area contributed by atoms with Crippen LogP contribution in [0.25, 0.3) is 28.5 Å². The molecular weight excluding hydrogens is 396 g/mol. The summed E-state index contributed by atoms with van der Waals surface area (Å²) in [5.74, 6) is 1.60. The van der Waals surface area contributed by atoms with Crippen molar-refractivity contribution in [3.63, 3.8) is 0 Å². The number of halogens is 1. The van der Waals surface area contributed by atoms with Gasteiger partial charge in [0.25, 0.3) is 0 Å². The molecule has 5 rings (SSSR count). The summed E-state index contributed by atoms with van der Waals surface area (Å²) in [5, 5.41) is 10.1. The van der Waals surface area contributed by atoms with Gasteiger partial charge in [-0.1, -0.05) is 18.2 Å². The van der Waals surface area contributed by atoms with Gasteiger partial charge in [-0.25, -0.2) is 0 Å². The molecule has 2 aliphatic rings. The topological polar surface area (TPSA) is 45.6 Å². The number of benzene rings is 2. The van der Waals surface area contributed by atoms with Gasteiger partial charge in [0.2, 0.25) is 0 Å². The molecule has 1 N–H and O–H groups in total. The van der Waals surface area contributed by atoms with E-state index in [9.17, 15) is 5.11 Å². The van der Waals surface area contributed by atoms with Gasteiger partial charge in [-0.15, -0.1) is 0 Å². The second-order valence-corrected chi connectivity index (χ2v) is 8.53. The Labute approximate surface area is 180 Å². The highest BCUT2D eigenvalue weighted by atomic mass is 35.5. The lowest BCUT2D eigenvalue weighted by atomic mass is 9.83. The molecular formula is C25H21ClN2O2. The second-order valence-electron chi connectivity index (χ2n) is 8.19. The fraction of sp³-hybridized carbons (Fsp3) is 0.160. The molecule has 4 nitrogen and oxygen atoms in total. The zero-order valence-electron chi connectivity index (χ0n) is 17.0. The average Bonchev–Trinajstić information content (AvgIpc) is 2.72. The number of pyridine rings is 1. The summed E-state index contributed by atoms with van der Waals surface area (Å²) in [5.41, 5.74) is 6.37. The van der Waals surface area contributed by atoms with Crippen molar-refractivity contribution in [3.05, 3.63) is 77.6 Å². The van der Waals surface area contributed by atoms with Crippen LogP contribution in [-0.4, -0.2) is 15.6 Å². The normalized spacial score (nSPS) is 17.5. The first-order valence-electron chi connectivity index (χ1n) is 9.82. The van der Waals surface area contributed by atoms with Crippen molar-refractivity contribution in [2.24, 2.45) is 0 Å². The van der Waals surface area contributed by atoms with Crippen LogP contribution < -0.4 is 9.16 Å². The molecule has 0 unspecified atom stereocenters. The van der Waals surface area contributed by atoms with Crippen molar-refractivity contribution in [1.82, 2.24) is 4.98 Å². The number of aromatic hydroxyl groups is 1. The van der Waals surface area contributed by atoms with Crippen molar-refractivity contribution >= 4 is 34.9 Å². The Hall–Kier alpha value is -3.24. The van der Waals surface area contributed by atoms with Crippen LogP contribution in [0.1, 0.15) is 37.6 Å². The monoisotopic (exact) mass is 416 g/mol. The largest absolute Gasteiger partial charge is 0.508 e. The lowest BCUT2D eigenvalue weighted by Gasteiger charge is -2.39. The van der Waals surface area contributed by atoms with Crippen LogP contribution in [0.2, 0.25) is 0 Å². The maximum Gasteiger partial charge on any atom is 0.138 e. The van der Waals surface area contributed by atoms with Crippen LogP contribution in [0.4, 0.5) is 5.69 Å². The van der Waals surface area contributed by atoms with E-state index in [4.69, 9.17) is 16.5 Å². The van der Waals surface area contributed by atoms with Gasteiger partial charge < -0.3 is 9.84 Å². The molecule has 1 aromatic heterocycles. The SMILES string of the molecule is CC1=CC(C)(C)N(Cl)c2ccc3c(c21)C(=Cc1ccccn1)Oc1ccc(O)cc1-3. The minimum absolute atomic E-state index is 0.200. The van der Waals surface area contributed by atoms with Gasteiger partial charge in [-0.05, 0) is 68.3 Å². The van der Waals surface area contributed by atoms with Gasteiger partial charge in [-0.3, -0.25) is 9.40 Å². The van der Waals surface area contributed by atoms with E-state index in [1.165, 1.54) is 0 Å². The van der Waals surface area contributed by atoms with Crippen molar-refractivity contribution in [2.45, 2.75) is 26.3 Å². The summed E-state index contributed by atoms with van der Waals surface area (Å²) in [6.45, 7) is 6.27. The van der Waals surface area contributed by atoms with Crippen molar-refractivity contribution < 1.29 is 9.84 Å². The summed E-state index contributed by atoms with van der Waals surface area (Å²) in [6.07, 6.45) is 5.87. The molecule has 0 aliphatic carbocycles. The summed E-state index contributed by atoms with van der Waals surface area (Å²) >= 11 is 6.76. The Morgan fingerprint density at radius 3 is 2.67 bits per heavy atom. The van der Waals surface area contributed by atoms with E-state index in [0.29, 0.717) is 11.5 Å². The minimum atomic E-state index is -0.316. The van der Waals surface area contributed by atoms with Gasteiger partial charge in [0.1, 0.15) is 17.3 Å². The Bertz CT molecular complexity index is 1230. The third kappa shape index (κ3) is 2.87. The smallest absolute Gasteiger partial charge is 0.138 e. The van der Waals surface area contributed by atoms with Gasteiger partial charge in [0.15, 0.2) is 0 Å². The van der Waals surface area contributed by atoms with Crippen molar-refractivity contribution in [1.29, 1.82) is 0 Å². The number of hydrogen-bond acceptors (Lipinski definition) is 4. The van der Waals surface area contributed by atoms with Crippen LogP contribution in [0.3, 0.4) is 0 Å². The molecule has 2 aromatic carbocycles. The molecule has 150 valence electrons.